The second kappa shape index (κ2) is 11.4. The molecular formula is C24H25F5N2O8. The van der Waals surface area contributed by atoms with E-state index < -0.39 is 95.0 Å². The molecule has 0 N–H and O–H groups in total. The average Bonchev–Trinajstić information content (AvgIpc) is 3.11. The normalized spacial score (nSPS) is 14.4. The van der Waals surface area contributed by atoms with Gasteiger partial charge in [0.25, 0.3) is 11.8 Å². The van der Waals surface area contributed by atoms with Gasteiger partial charge in [-0.05, 0) is 41.5 Å². The highest BCUT2D eigenvalue weighted by Crippen LogP contribution is 2.30. The molecule has 0 spiro atoms. The summed E-state index contributed by atoms with van der Waals surface area (Å²) in [7, 11) is 0. The fourth-order valence-electron chi connectivity index (χ4n) is 3.09. The number of imide groups is 1. The number of carbonyl (C=O) groups excluding carboxylic acids is 5. The second-order valence-electron chi connectivity index (χ2n) is 10.2. The maximum Gasteiger partial charge on any atom is 0.410 e. The van der Waals surface area contributed by atoms with Crippen LogP contribution in [0, 0.1) is 29.1 Å². The van der Waals surface area contributed by atoms with Crippen LogP contribution in [0.15, 0.2) is 12.2 Å². The number of nitrogens with zero attached hydrogens (tertiary/aromatic N) is 2. The van der Waals surface area contributed by atoms with Crippen LogP contribution in [0.2, 0.25) is 0 Å². The molecule has 0 radical (unpaired) electrons. The van der Waals surface area contributed by atoms with Crippen LogP contribution in [0.25, 0.3) is 0 Å². The molecule has 1 aromatic carbocycles. The number of carbonyl (C=O) groups is 5. The molecule has 2 rings (SSSR count). The Morgan fingerprint density at radius 2 is 1.23 bits per heavy atom. The lowest BCUT2D eigenvalue weighted by Crippen LogP contribution is -2.55. The third-order valence-electron chi connectivity index (χ3n) is 4.58. The number of halogens is 5. The summed E-state index contributed by atoms with van der Waals surface area (Å²) in [5.41, 5.74) is -2.17. The summed E-state index contributed by atoms with van der Waals surface area (Å²) in [6.45, 7) is 6.97. The standard InChI is InChI=1S/C24H25F5N2O8/c1-23(2,3)38-14(34)10-30(22(36)39-24(4,5)6)9-11(31-12(32)7-8-13(31)33)21(35)37-20-18(28)16(26)15(25)17(27)19(20)29/h7-8,11H,9-10H2,1-6H3/t11-/m0/s1. The topological polar surface area (TPSA) is 120 Å². The van der Waals surface area contributed by atoms with Crippen molar-refractivity contribution in [3.63, 3.8) is 0 Å². The highest BCUT2D eigenvalue weighted by atomic mass is 19.2. The first-order valence-electron chi connectivity index (χ1n) is 11.2. The summed E-state index contributed by atoms with van der Waals surface area (Å²) < 4.78 is 83.7. The maximum absolute atomic E-state index is 14.2. The summed E-state index contributed by atoms with van der Waals surface area (Å²) in [5.74, 6) is -19.6. The van der Waals surface area contributed by atoms with Gasteiger partial charge in [0.2, 0.25) is 34.8 Å². The van der Waals surface area contributed by atoms with Crippen LogP contribution in [-0.4, -0.2) is 70.0 Å². The Balaban J connectivity index is 2.52. The minimum atomic E-state index is -2.52. The Labute approximate surface area is 219 Å². The van der Waals surface area contributed by atoms with Gasteiger partial charge < -0.3 is 14.2 Å². The van der Waals surface area contributed by atoms with Gasteiger partial charge in [0.1, 0.15) is 17.7 Å². The summed E-state index contributed by atoms with van der Waals surface area (Å²) in [6, 6.07) is -2.23. The van der Waals surface area contributed by atoms with Gasteiger partial charge in [-0.3, -0.25) is 24.2 Å². The summed E-state index contributed by atoms with van der Waals surface area (Å²) in [6.07, 6.45) is 0.189. The first-order valence-corrected chi connectivity index (χ1v) is 11.2. The smallest absolute Gasteiger partial charge is 0.410 e. The van der Waals surface area contributed by atoms with E-state index in [1.54, 1.807) is 0 Å². The highest BCUT2D eigenvalue weighted by Gasteiger charge is 2.42. The molecule has 1 aromatic rings. The lowest BCUT2D eigenvalue weighted by Gasteiger charge is -2.32. The number of benzene rings is 1. The van der Waals surface area contributed by atoms with Crippen LogP contribution in [0.3, 0.4) is 0 Å². The van der Waals surface area contributed by atoms with E-state index in [0.717, 1.165) is 0 Å². The average molecular weight is 564 g/mol. The van der Waals surface area contributed by atoms with Crippen molar-refractivity contribution in [1.29, 1.82) is 0 Å². The van der Waals surface area contributed by atoms with Crippen molar-refractivity contribution in [2.75, 3.05) is 13.1 Å². The quantitative estimate of drug-likeness (QED) is 0.124. The van der Waals surface area contributed by atoms with E-state index in [-0.39, 0.29) is 4.90 Å². The molecular weight excluding hydrogens is 539 g/mol. The van der Waals surface area contributed by atoms with Crippen LogP contribution in [0.5, 0.6) is 5.75 Å². The fraction of sp³-hybridized carbons (Fsp3) is 0.458. The summed E-state index contributed by atoms with van der Waals surface area (Å²) in [5, 5.41) is 0. The first kappa shape index (κ1) is 31.2. The van der Waals surface area contributed by atoms with Gasteiger partial charge in [-0.1, -0.05) is 0 Å². The molecule has 10 nitrogen and oxygen atoms in total. The minimum absolute atomic E-state index is 0.209. The van der Waals surface area contributed by atoms with Crippen molar-refractivity contribution in [3.05, 3.63) is 41.2 Å². The highest BCUT2D eigenvalue weighted by molar-refractivity contribution is 6.15. The molecule has 0 saturated heterocycles. The molecule has 0 unspecified atom stereocenters. The predicted octanol–water partition coefficient (Wildman–Crippen LogP) is 3.16. The van der Waals surface area contributed by atoms with Crippen molar-refractivity contribution in [2.24, 2.45) is 0 Å². The van der Waals surface area contributed by atoms with E-state index >= 15 is 0 Å². The zero-order valence-corrected chi connectivity index (χ0v) is 21.7. The molecule has 0 saturated carbocycles. The number of rotatable bonds is 7. The van der Waals surface area contributed by atoms with Crippen molar-refractivity contribution in [1.82, 2.24) is 9.80 Å². The number of hydrogen-bond donors (Lipinski definition) is 0. The molecule has 0 bridgehead atoms. The van der Waals surface area contributed by atoms with Gasteiger partial charge in [-0.2, -0.15) is 8.78 Å². The number of amides is 3. The van der Waals surface area contributed by atoms with Crippen LogP contribution < -0.4 is 4.74 Å². The Morgan fingerprint density at radius 1 is 0.795 bits per heavy atom. The van der Waals surface area contributed by atoms with Crippen molar-refractivity contribution in [3.8, 4) is 5.75 Å². The van der Waals surface area contributed by atoms with Gasteiger partial charge in [0, 0.05) is 12.2 Å². The SMILES string of the molecule is CC(C)(C)OC(=O)CN(C[C@@H](C(=O)Oc1c(F)c(F)c(F)c(F)c1F)N1C(=O)C=CC1=O)C(=O)OC(C)(C)C. The molecule has 1 atom stereocenters. The zero-order valence-electron chi connectivity index (χ0n) is 21.7. The van der Waals surface area contributed by atoms with E-state index in [0.29, 0.717) is 17.1 Å². The Morgan fingerprint density at radius 3 is 1.67 bits per heavy atom. The lowest BCUT2D eigenvalue weighted by atomic mass is 10.2. The molecule has 15 heteroatoms. The number of ether oxygens (including phenoxy) is 3. The molecule has 3 amide bonds. The van der Waals surface area contributed by atoms with E-state index in [1.807, 2.05) is 0 Å². The first-order chi connectivity index (χ1) is 17.7. The van der Waals surface area contributed by atoms with Crippen molar-refractivity contribution < 1.29 is 60.1 Å². The Hall–Kier alpha value is -4.04. The predicted molar refractivity (Wildman–Crippen MR) is 120 cm³/mol. The maximum atomic E-state index is 14.2. The zero-order chi connectivity index (χ0) is 30.0. The molecule has 1 heterocycles. The van der Waals surface area contributed by atoms with Gasteiger partial charge >= 0.3 is 18.0 Å². The molecule has 39 heavy (non-hydrogen) atoms. The summed E-state index contributed by atoms with van der Waals surface area (Å²) >= 11 is 0. The molecule has 1 aliphatic rings. The van der Waals surface area contributed by atoms with Crippen LogP contribution in [0.4, 0.5) is 26.7 Å². The van der Waals surface area contributed by atoms with Gasteiger partial charge in [-0.15, -0.1) is 0 Å². The Bertz CT molecular complexity index is 1190. The van der Waals surface area contributed by atoms with Crippen LogP contribution >= 0.6 is 0 Å². The van der Waals surface area contributed by atoms with Crippen molar-refractivity contribution in [2.45, 2.75) is 58.8 Å². The van der Waals surface area contributed by atoms with E-state index in [2.05, 4.69) is 4.74 Å². The number of esters is 2. The fourth-order valence-corrected chi connectivity index (χ4v) is 3.09. The van der Waals surface area contributed by atoms with E-state index in [4.69, 9.17) is 9.47 Å². The largest absolute Gasteiger partial charge is 0.459 e. The van der Waals surface area contributed by atoms with E-state index in [1.165, 1.54) is 41.5 Å². The third-order valence-corrected chi connectivity index (χ3v) is 4.58. The van der Waals surface area contributed by atoms with Gasteiger partial charge in [0.15, 0.2) is 6.04 Å². The third kappa shape index (κ3) is 7.74. The van der Waals surface area contributed by atoms with Gasteiger partial charge in [0.05, 0.1) is 6.54 Å². The lowest BCUT2D eigenvalue weighted by molar-refractivity contribution is -0.157. The van der Waals surface area contributed by atoms with Crippen LogP contribution in [0.1, 0.15) is 41.5 Å². The van der Waals surface area contributed by atoms with Crippen molar-refractivity contribution >= 4 is 29.8 Å². The molecule has 0 aliphatic carbocycles. The van der Waals surface area contributed by atoms with Gasteiger partial charge in [-0.25, -0.2) is 22.8 Å². The van der Waals surface area contributed by atoms with Crippen LogP contribution in [-0.2, 0) is 28.7 Å². The Kier molecular flexibility index (Phi) is 9.09. The molecule has 214 valence electrons. The molecule has 0 fully saturated rings. The summed E-state index contributed by atoms with van der Waals surface area (Å²) in [4.78, 5) is 63.7. The van der Waals surface area contributed by atoms with E-state index in [9.17, 15) is 45.9 Å². The molecule has 0 aromatic heterocycles. The number of hydrogen-bond acceptors (Lipinski definition) is 8. The monoisotopic (exact) mass is 564 g/mol. The molecule has 1 aliphatic heterocycles. The minimum Gasteiger partial charge on any atom is -0.459 e. The second-order valence-corrected chi connectivity index (χ2v) is 10.2.